The van der Waals surface area contributed by atoms with Gasteiger partial charge < -0.3 is 15.6 Å². The van der Waals surface area contributed by atoms with Crippen LogP contribution in [-0.2, 0) is 6.42 Å². The molecule has 0 aromatic heterocycles. The van der Waals surface area contributed by atoms with E-state index in [1.165, 1.54) is 12.1 Å². The normalized spacial score (nSPS) is 15.0. The molecular weight excluding hydrogens is 317 g/mol. The van der Waals surface area contributed by atoms with E-state index in [1.807, 2.05) is 31.2 Å². The van der Waals surface area contributed by atoms with Crippen LogP contribution in [0.15, 0.2) is 42.5 Å². The minimum absolute atomic E-state index is 0.0221. The van der Waals surface area contributed by atoms with Gasteiger partial charge in [-0.3, -0.25) is 0 Å². The molecule has 0 bridgehead atoms. The minimum Gasteiger partial charge on any atom is -0.496 e. The summed E-state index contributed by atoms with van der Waals surface area (Å²) in [6.45, 7) is 1.92. The highest BCUT2D eigenvalue weighted by molar-refractivity contribution is 6.30. The molecule has 0 saturated carbocycles. The number of methoxy groups -OCH3 is 1. The predicted octanol–water partition coefficient (Wildman–Crippen LogP) is 3.73. The van der Waals surface area contributed by atoms with Gasteiger partial charge in [-0.05, 0) is 30.0 Å². The fourth-order valence-electron chi connectivity index (χ4n) is 2.62. The molecule has 3 N–H and O–H groups in total. The lowest BCUT2D eigenvalue weighted by Gasteiger charge is -2.26. The van der Waals surface area contributed by atoms with Gasteiger partial charge in [-0.25, -0.2) is 4.39 Å². The molecule has 2 aromatic carbocycles. The number of rotatable bonds is 6. The van der Waals surface area contributed by atoms with Gasteiger partial charge >= 0.3 is 0 Å². The maximum atomic E-state index is 14.1. The van der Waals surface area contributed by atoms with Crippen LogP contribution in [0.4, 0.5) is 4.39 Å². The van der Waals surface area contributed by atoms with Crippen LogP contribution < -0.4 is 10.5 Å². The number of halogens is 2. The first-order valence-corrected chi connectivity index (χ1v) is 7.83. The molecule has 0 aliphatic rings. The van der Waals surface area contributed by atoms with Gasteiger partial charge in [0.15, 0.2) is 0 Å². The van der Waals surface area contributed by atoms with Crippen molar-refractivity contribution in [3.8, 4) is 5.75 Å². The number of hydrogen-bond donors (Lipinski definition) is 2. The van der Waals surface area contributed by atoms with E-state index in [0.717, 1.165) is 11.3 Å². The summed E-state index contributed by atoms with van der Waals surface area (Å²) >= 11 is 5.77. The van der Waals surface area contributed by atoms with Crippen LogP contribution in [0, 0.1) is 11.7 Å². The third-order valence-electron chi connectivity index (χ3n) is 4.06. The Morgan fingerprint density at radius 3 is 2.61 bits per heavy atom. The molecular formula is C18H21ClFNO2. The van der Waals surface area contributed by atoms with Crippen molar-refractivity contribution in [2.75, 3.05) is 7.11 Å². The van der Waals surface area contributed by atoms with Gasteiger partial charge in [-0.2, -0.15) is 0 Å². The zero-order chi connectivity index (χ0) is 17.0. The van der Waals surface area contributed by atoms with E-state index < -0.39 is 18.0 Å². The minimum atomic E-state index is -1.13. The van der Waals surface area contributed by atoms with E-state index in [0.29, 0.717) is 6.42 Å². The molecule has 0 amide bonds. The van der Waals surface area contributed by atoms with Crippen LogP contribution in [0.2, 0.25) is 5.02 Å². The summed E-state index contributed by atoms with van der Waals surface area (Å²) in [5.41, 5.74) is 7.27. The summed E-state index contributed by atoms with van der Waals surface area (Å²) in [6, 6.07) is 11.6. The third-order valence-corrected chi connectivity index (χ3v) is 4.35. The van der Waals surface area contributed by atoms with Crippen molar-refractivity contribution < 1.29 is 14.2 Å². The van der Waals surface area contributed by atoms with Gasteiger partial charge in [0, 0.05) is 11.6 Å². The van der Waals surface area contributed by atoms with Crippen molar-refractivity contribution in [1.29, 1.82) is 0 Å². The number of ether oxygens (including phenoxy) is 1. The second-order valence-electron chi connectivity index (χ2n) is 5.66. The Kier molecular flexibility index (Phi) is 5.99. The van der Waals surface area contributed by atoms with E-state index in [9.17, 15) is 9.50 Å². The van der Waals surface area contributed by atoms with Crippen LogP contribution in [0.3, 0.4) is 0 Å². The number of para-hydroxylation sites is 1. The molecule has 5 heteroatoms. The second kappa shape index (κ2) is 7.77. The first-order valence-electron chi connectivity index (χ1n) is 7.45. The van der Waals surface area contributed by atoms with E-state index in [-0.39, 0.29) is 16.5 Å². The standard InChI is InChI=1S/C18H21ClFNO2/c1-11(10-12-6-3-4-9-15(12)23-2)17(21)18(22)13-7-5-8-14(19)16(13)20/h3-9,11,17-18,22H,10,21H2,1-2H3. The van der Waals surface area contributed by atoms with Crippen molar-refractivity contribution >= 4 is 11.6 Å². The molecule has 0 aliphatic carbocycles. The summed E-state index contributed by atoms with van der Waals surface area (Å²) in [7, 11) is 1.61. The fraction of sp³-hybridized carbons (Fsp3) is 0.333. The Balaban J connectivity index is 2.15. The first kappa shape index (κ1) is 17.7. The molecule has 3 unspecified atom stereocenters. The Morgan fingerprint density at radius 2 is 1.91 bits per heavy atom. The van der Waals surface area contributed by atoms with Crippen molar-refractivity contribution in [2.45, 2.75) is 25.5 Å². The molecule has 3 nitrogen and oxygen atoms in total. The average molecular weight is 338 g/mol. The Bertz CT molecular complexity index is 665. The van der Waals surface area contributed by atoms with Crippen LogP contribution in [-0.4, -0.2) is 18.3 Å². The molecule has 0 aliphatic heterocycles. The van der Waals surface area contributed by atoms with Gasteiger partial charge in [0.25, 0.3) is 0 Å². The summed E-state index contributed by atoms with van der Waals surface area (Å²) in [5, 5.41) is 10.4. The highest BCUT2D eigenvalue weighted by atomic mass is 35.5. The monoisotopic (exact) mass is 337 g/mol. The SMILES string of the molecule is COc1ccccc1CC(C)C(N)C(O)c1cccc(Cl)c1F. The molecule has 0 radical (unpaired) electrons. The lowest BCUT2D eigenvalue weighted by Crippen LogP contribution is -2.36. The molecule has 2 rings (SSSR count). The fourth-order valence-corrected chi connectivity index (χ4v) is 2.80. The summed E-state index contributed by atoms with van der Waals surface area (Å²) in [4.78, 5) is 0. The van der Waals surface area contributed by atoms with Crippen molar-refractivity contribution in [1.82, 2.24) is 0 Å². The molecule has 0 heterocycles. The lowest BCUT2D eigenvalue weighted by molar-refractivity contribution is 0.117. The maximum Gasteiger partial charge on any atom is 0.147 e. The van der Waals surface area contributed by atoms with E-state index in [1.54, 1.807) is 13.2 Å². The predicted molar refractivity (Wildman–Crippen MR) is 90.2 cm³/mol. The largest absolute Gasteiger partial charge is 0.496 e. The number of benzene rings is 2. The molecule has 0 spiro atoms. The van der Waals surface area contributed by atoms with Crippen molar-refractivity contribution in [3.05, 3.63) is 64.4 Å². The number of hydrogen-bond acceptors (Lipinski definition) is 3. The Labute approximate surface area is 140 Å². The van der Waals surface area contributed by atoms with Crippen LogP contribution >= 0.6 is 11.6 Å². The van der Waals surface area contributed by atoms with E-state index in [2.05, 4.69) is 0 Å². The molecule has 0 fully saturated rings. The highest BCUT2D eigenvalue weighted by Crippen LogP contribution is 2.29. The molecule has 124 valence electrons. The zero-order valence-electron chi connectivity index (χ0n) is 13.2. The summed E-state index contributed by atoms with van der Waals surface area (Å²) in [5.74, 6) is 0.0660. The number of aliphatic hydroxyl groups excluding tert-OH is 1. The number of aliphatic hydroxyl groups is 1. The second-order valence-corrected chi connectivity index (χ2v) is 6.07. The van der Waals surface area contributed by atoms with Gasteiger partial charge in [0.1, 0.15) is 11.6 Å². The lowest BCUT2D eigenvalue weighted by atomic mass is 9.88. The Morgan fingerprint density at radius 1 is 1.22 bits per heavy atom. The molecule has 3 atom stereocenters. The zero-order valence-corrected chi connectivity index (χ0v) is 13.9. The topological polar surface area (TPSA) is 55.5 Å². The van der Waals surface area contributed by atoms with Crippen LogP contribution in [0.1, 0.15) is 24.2 Å². The van der Waals surface area contributed by atoms with Crippen LogP contribution in [0.5, 0.6) is 5.75 Å². The summed E-state index contributed by atoms with van der Waals surface area (Å²) < 4.78 is 19.4. The molecule has 2 aromatic rings. The molecule has 23 heavy (non-hydrogen) atoms. The van der Waals surface area contributed by atoms with Gasteiger partial charge in [-0.15, -0.1) is 0 Å². The van der Waals surface area contributed by atoms with E-state index in [4.69, 9.17) is 22.1 Å². The quantitative estimate of drug-likeness (QED) is 0.844. The third kappa shape index (κ3) is 4.02. The van der Waals surface area contributed by atoms with Crippen molar-refractivity contribution in [2.24, 2.45) is 11.7 Å². The number of nitrogens with two attached hydrogens (primary N) is 1. The van der Waals surface area contributed by atoms with Crippen molar-refractivity contribution in [3.63, 3.8) is 0 Å². The molecule has 0 saturated heterocycles. The smallest absolute Gasteiger partial charge is 0.147 e. The first-order chi connectivity index (χ1) is 11.0. The van der Waals surface area contributed by atoms with Gasteiger partial charge in [0.2, 0.25) is 0 Å². The average Bonchev–Trinajstić information content (AvgIpc) is 2.56. The van der Waals surface area contributed by atoms with Gasteiger partial charge in [-0.1, -0.05) is 48.9 Å². The Hall–Kier alpha value is -1.62. The maximum absolute atomic E-state index is 14.1. The van der Waals surface area contributed by atoms with Crippen LogP contribution in [0.25, 0.3) is 0 Å². The van der Waals surface area contributed by atoms with Gasteiger partial charge in [0.05, 0.1) is 18.2 Å². The summed E-state index contributed by atoms with van der Waals surface area (Å²) in [6.07, 6.45) is -0.511. The highest BCUT2D eigenvalue weighted by Gasteiger charge is 2.26. The van der Waals surface area contributed by atoms with E-state index >= 15 is 0 Å².